The number of rotatable bonds is 4. The molecule has 3 N–H and O–H groups in total. The molecule has 2 heterocycles. The highest BCUT2D eigenvalue weighted by Crippen LogP contribution is 2.24. The second-order valence-electron chi connectivity index (χ2n) is 6.71. The molecule has 0 aliphatic carbocycles. The summed E-state index contributed by atoms with van der Waals surface area (Å²) in [6.07, 6.45) is 0. The summed E-state index contributed by atoms with van der Waals surface area (Å²) < 4.78 is 11.3. The molecular weight excluding hydrogens is 407 g/mol. The summed E-state index contributed by atoms with van der Waals surface area (Å²) in [6.45, 7) is 12.0. The molecule has 0 radical (unpaired) electrons. The second kappa shape index (κ2) is 8.89. The Morgan fingerprint density at radius 3 is 2.52 bits per heavy atom. The number of ether oxygens (including phenoxy) is 1. The fraction of sp³-hybridized carbons (Fsp3) is 0.688. The molecule has 23 heavy (non-hydrogen) atoms. The van der Waals surface area contributed by atoms with Gasteiger partial charge in [0.2, 0.25) is 0 Å². The van der Waals surface area contributed by atoms with Crippen molar-refractivity contribution in [1.29, 1.82) is 0 Å². The van der Waals surface area contributed by atoms with Crippen molar-refractivity contribution in [2.24, 2.45) is 10.7 Å². The molecule has 1 saturated heterocycles. The molecule has 1 aliphatic heterocycles. The molecule has 1 atom stereocenters. The Bertz CT molecular complexity index is 504. The summed E-state index contributed by atoms with van der Waals surface area (Å²) in [4.78, 5) is 6.85. The van der Waals surface area contributed by atoms with Crippen LogP contribution in [0, 0.1) is 6.92 Å². The number of morpholine rings is 1. The summed E-state index contributed by atoms with van der Waals surface area (Å²) in [5.74, 6) is 2.32. The number of nitrogens with one attached hydrogen (secondary N) is 1. The zero-order valence-corrected chi connectivity index (χ0v) is 16.8. The van der Waals surface area contributed by atoms with E-state index in [4.69, 9.17) is 14.9 Å². The highest BCUT2D eigenvalue weighted by Gasteiger charge is 2.25. The fourth-order valence-corrected chi connectivity index (χ4v) is 2.52. The maximum atomic E-state index is 5.99. The Hall–Kier alpha value is -0.800. The van der Waals surface area contributed by atoms with Crippen molar-refractivity contribution in [2.75, 3.05) is 32.8 Å². The van der Waals surface area contributed by atoms with Crippen molar-refractivity contribution in [3.63, 3.8) is 0 Å². The summed E-state index contributed by atoms with van der Waals surface area (Å²) in [5, 5.41) is 3.19. The van der Waals surface area contributed by atoms with E-state index in [0.29, 0.717) is 12.5 Å². The van der Waals surface area contributed by atoms with Crippen LogP contribution in [0.5, 0.6) is 0 Å². The first-order chi connectivity index (χ1) is 10.3. The highest BCUT2D eigenvalue weighted by atomic mass is 127. The van der Waals surface area contributed by atoms with Crippen LogP contribution in [0.25, 0.3) is 0 Å². The first-order valence-corrected chi connectivity index (χ1v) is 7.81. The average Bonchev–Trinajstić information content (AvgIpc) is 2.85. The predicted molar refractivity (Wildman–Crippen MR) is 103 cm³/mol. The average molecular weight is 436 g/mol. The van der Waals surface area contributed by atoms with Crippen molar-refractivity contribution < 1.29 is 9.15 Å². The van der Waals surface area contributed by atoms with Gasteiger partial charge in [-0.15, -0.1) is 24.0 Å². The Balaban J connectivity index is 0.00000264. The lowest BCUT2D eigenvalue weighted by Crippen LogP contribution is -2.45. The van der Waals surface area contributed by atoms with Crippen LogP contribution in [-0.2, 0) is 4.74 Å². The lowest BCUT2D eigenvalue weighted by Gasteiger charge is -2.32. The zero-order valence-electron chi connectivity index (χ0n) is 14.5. The van der Waals surface area contributed by atoms with Gasteiger partial charge < -0.3 is 20.2 Å². The minimum Gasteiger partial charge on any atom is -0.465 e. The topological polar surface area (TPSA) is 76.0 Å². The monoisotopic (exact) mass is 436 g/mol. The molecule has 7 heteroatoms. The van der Waals surface area contributed by atoms with Crippen LogP contribution >= 0.6 is 24.0 Å². The smallest absolute Gasteiger partial charge is 0.189 e. The van der Waals surface area contributed by atoms with Gasteiger partial charge in [0.15, 0.2) is 5.96 Å². The summed E-state index contributed by atoms with van der Waals surface area (Å²) >= 11 is 0. The van der Waals surface area contributed by atoms with E-state index in [-0.39, 0.29) is 35.6 Å². The van der Waals surface area contributed by atoms with Crippen LogP contribution in [0.1, 0.15) is 38.3 Å². The number of halogens is 1. The van der Waals surface area contributed by atoms with Crippen LogP contribution in [0.2, 0.25) is 0 Å². The molecule has 1 aromatic heterocycles. The van der Waals surface area contributed by atoms with Gasteiger partial charge in [0.1, 0.15) is 11.5 Å². The van der Waals surface area contributed by atoms with E-state index < -0.39 is 0 Å². The van der Waals surface area contributed by atoms with Crippen LogP contribution in [-0.4, -0.2) is 49.2 Å². The normalized spacial score (nSPS) is 18.3. The molecule has 0 bridgehead atoms. The Morgan fingerprint density at radius 1 is 1.35 bits per heavy atom. The predicted octanol–water partition coefficient (Wildman–Crippen LogP) is 2.28. The quantitative estimate of drug-likeness (QED) is 0.431. The molecule has 1 fully saturated rings. The van der Waals surface area contributed by atoms with Gasteiger partial charge in [-0.3, -0.25) is 9.89 Å². The van der Waals surface area contributed by atoms with Gasteiger partial charge in [0.25, 0.3) is 0 Å². The molecule has 0 amide bonds. The fourth-order valence-electron chi connectivity index (χ4n) is 2.52. The first-order valence-electron chi connectivity index (χ1n) is 7.81. The van der Waals surface area contributed by atoms with Gasteiger partial charge in [-0.1, -0.05) is 0 Å². The largest absolute Gasteiger partial charge is 0.465 e. The molecule has 0 saturated carbocycles. The third-order valence-corrected chi connectivity index (χ3v) is 3.51. The lowest BCUT2D eigenvalue weighted by molar-refractivity contribution is 0.0135. The van der Waals surface area contributed by atoms with Crippen LogP contribution in [0.15, 0.2) is 21.5 Å². The van der Waals surface area contributed by atoms with E-state index in [1.54, 1.807) is 0 Å². The SMILES string of the molecule is Cc1ccc(C(CN=C(N)NC(C)(C)C)N2CCOCC2)o1.I. The van der Waals surface area contributed by atoms with Gasteiger partial charge in [-0.2, -0.15) is 0 Å². The number of aryl methyl sites for hydroxylation is 1. The minimum atomic E-state index is -0.0939. The van der Waals surface area contributed by atoms with Crippen molar-refractivity contribution in [3.8, 4) is 0 Å². The molecule has 1 aromatic rings. The van der Waals surface area contributed by atoms with E-state index in [9.17, 15) is 0 Å². The van der Waals surface area contributed by atoms with E-state index in [0.717, 1.165) is 37.8 Å². The summed E-state index contributed by atoms with van der Waals surface area (Å²) in [5.41, 5.74) is 5.89. The van der Waals surface area contributed by atoms with Crippen LogP contribution < -0.4 is 11.1 Å². The number of aliphatic imine (C=N–C) groups is 1. The number of hydrogen-bond donors (Lipinski definition) is 2. The van der Waals surface area contributed by atoms with Gasteiger partial charge in [-0.25, -0.2) is 0 Å². The van der Waals surface area contributed by atoms with E-state index in [2.05, 4.69) is 36.0 Å². The molecule has 2 rings (SSSR count). The summed E-state index contributed by atoms with van der Waals surface area (Å²) in [7, 11) is 0. The number of hydrogen-bond acceptors (Lipinski definition) is 4. The summed E-state index contributed by atoms with van der Waals surface area (Å²) in [6, 6.07) is 4.11. The van der Waals surface area contributed by atoms with Crippen molar-refractivity contribution in [2.45, 2.75) is 39.3 Å². The third kappa shape index (κ3) is 6.68. The van der Waals surface area contributed by atoms with Gasteiger partial charge in [0.05, 0.1) is 25.8 Å². The van der Waals surface area contributed by atoms with Crippen molar-refractivity contribution in [3.05, 3.63) is 23.7 Å². The first kappa shape index (κ1) is 20.2. The number of nitrogens with two attached hydrogens (primary N) is 1. The number of nitrogens with zero attached hydrogens (tertiary/aromatic N) is 2. The second-order valence-corrected chi connectivity index (χ2v) is 6.71. The van der Waals surface area contributed by atoms with Gasteiger partial charge in [0, 0.05) is 18.6 Å². The maximum Gasteiger partial charge on any atom is 0.189 e. The number of guanidine groups is 1. The molecular formula is C16H29IN4O2. The van der Waals surface area contributed by atoms with E-state index in [1.807, 2.05) is 19.1 Å². The lowest BCUT2D eigenvalue weighted by atomic mass is 10.1. The molecule has 132 valence electrons. The van der Waals surface area contributed by atoms with Gasteiger partial charge >= 0.3 is 0 Å². The van der Waals surface area contributed by atoms with E-state index >= 15 is 0 Å². The molecule has 6 nitrogen and oxygen atoms in total. The molecule has 0 spiro atoms. The van der Waals surface area contributed by atoms with Crippen LogP contribution in [0.4, 0.5) is 0 Å². The zero-order chi connectivity index (χ0) is 16.2. The number of furan rings is 1. The van der Waals surface area contributed by atoms with Crippen molar-refractivity contribution in [1.82, 2.24) is 10.2 Å². The minimum absolute atomic E-state index is 0. The Morgan fingerprint density at radius 2 is 2.00 bits per heavy atom. The van der Waals surface area contributed by atoms with Crippen molar-refractivity contribution >= 4 is 29.9 Å². The van der Waals surface area contributed by atoms with Gasteiger partial charge in [-0.05, 0) is 39.8 Å². The van der Waals surface area contributed by atoms with E-state index in [1.165, 1.54) is 0 Å². The third-order valence-electron chi connectivity index (χ3n) is 3.51. The Labute approximate surface area is 155 Å². The standard InChI is InChI=1S/C16H28N4O2.HI/c1-12-5-6-14(22-12)13(20-7-9-21-10-8-20)11-18-15(17)19-16(2,3)4;/h5-6,13H,7-11H2,1-4H3,(H3,17,18,19);1H. The maximum absolute atomic E-state index is 5.99. The molecule has 1 unspecified atom stereocenters. The highest BCUT2D eigenvalue weighted by molar-refractivity contribution is 14.0. The Kier molecular flexibility index (Phi) is 7.82. The molecule has 1 aliphatic rings. The van der Waals surface area contributed by atoms with Crippen LogP contribution in [0.3, 0.4) is 0 Å². The molecule has 0 aromatic carbocycles.